The number of carbonyl (C=O) groups excluding carboxylic acids is 2. The number of hydrogen-bond acceptors (Lipinski definition) is 5. The molecule has 226 valence electrons. The van der Waals surface area contributed by atoms with Crippen molar-refractivity contribution < 1.29 is 33.3 Å². The largest absolute Gasteiger partial charge is 0.388 e. The molecule has 7 nitrogen and oxygen atoms in total. The van der Waals surface area contributed by atoms with Gasteiger partial charge in [-0.15, -0.1) is 0 Å². The number of aliphatic hydroxyl groups excluding tert-OH is 2. The number of aryl methyl sites for hydroxylation is 1. The Morgan fingerprint density at radius 1 is 0.976 bits per heavy atom. The monoisotopic (exact) mass is 574 g/mol. The molecule has 1 aliphatic carbocycles. The number of hydrogen-bond donors (Lipinski definition) is 3. The second-order valence-corrected chi connectivity index (χ2v) is 11.2. The van der Waals surface area contributed by atoms with Crippen LogP contribution in [0.25, 0.3) is 0 Å². The van der Waals surface area contributed by atoms with Crippen LogP contribution in [0.15, 0.2) is 36.4 Å². The minimum Gasteiger partial charge on any atom is -0.388 e. The van der Waals surface area contributed by atoms with Crippen LogP contribution in [0.3, 0.4) is 0 Å². The second kappa shape index (κ2) is 15.9. The van der Waals surface area contributed by atoms with Crippen LogP contribution in [0, 0.1) is 24.5 Å². The van der Waals surface area contributed by atoms with Crippen LogP contribution < -0.4 is 5.32 Å². The van der Waals surface area contributed by atoms with Crippen LogP contribution >= 0.6 is 0 Å². The maximum Gasteiger partial charge on any atom is 0.253 e. The Hall–Kier alpha value is -2.88. The van der Waals surface area contributed by atoms with Crippen LogP contribution in [0.4, 0.5) is 8.78 Å². The fraction of sp³-hybridized carbons (Fsp3) is 0.562. The van der Waals surface area contributed by atoms with Gasteiger partial charge >= 0.3 is 0 Å². The van der Waals surface area contributed by atoms with Gasteiger partial charge in [-0.25, -0.2) is 8.78 Å². The molecule has 41 heavy (non-hydrogen) atoms. The summed E-state index contributed by atoms with van der Waals surface area (Å²) in [5.74, 6) is -1.90. The van der Waals surface area contributed by atoms with Gasteiger partial charge in [0.25, 0.3) is 11.8 Å². The lowest BCUT2D eigenvalue weighted by Crippen LogP contribution is -2.51. The molecule has 0 heterocycles. The highest BCUT2D eigenvalue weighted by molar-refractivity contribution is 6.00. The number of amides is 2. The van der Waals surface area contributed by atoms with Crippen molar-refractivity contribution in [3.8, 4) is 0 Å². The summed E-state index contributed by atoms with van der Waals surface area (Å²) in [6.07, 6.45) is 3.08. The summed E-state index contributed by atoms with van der Waals surface area (Å²) in [7, 11) is 0. The summed E-state index contributed by atoms with van der Waals surface area (Å²) in [6.45, 7) is 7.30. The zero-order valence-electron chi connectivity index (χ0n) is 24.4. The molecular weight excluding hydrogens is 530 g/mol. The molecule has 2 aromatic rings. The quantitative estimate of drug-likeness (QED) is 0.284. The number of carbonyl (C=O) groups is 2. The van der Waals surface area contributed by atoms with Gasteiger partial charge in [0.2, 0.25) is 0 Å². The van der Waals surface area contributed by atoms with Crippen molar-refractivity contribution in [2.75, 3.05) is 26.3 Å². The molecule has 9 heteroatoms. The average Bonchev–Trinajstić information content (AvgIpc) is 3.44. The van der Waals surface area contributed by atoms with Crippen molar-refractivity contribution in [2.45, 2.75) is 84.0 Å². The predicted molar refractivity (Wildman–Crippen MR) is 154 cm³/mol. The molecule has 1 saturated carbocycles. The molecule has 2 aromatic carbocycles. The summed E-state index contributed by atoms with van der Waals surface area (Å²) < 4.78 is 33.5. The standard InChI is InChI=1S/C32H44F2N2O5/c1-4-10-36(11-5-2)32(40)25-13-21(3)12-24(17-25)31(39)35-28(16-23-14-26(33)18-27(34)15-23)30(38)29(37)20-41-19-22-8-6-7-9-22/h12-15,17-18,22,28-30,37-38H,4-11,16,19-20H2,1-3H3,(H,35,39)/t28-,29-,30+/m0/s1. The van der Waals surface area contributed by atoms with Gasteiger partial charge in [0.15, 0.2) is 0 Å². The lowest BCUT2D eigenvalue weighted by Gasteiger charge is -2.28. The Kier molecular flexibility index (Phi) is 12.7. The maximum absolute atomic E-state index is 13.9. The molecule has 3 atom stereocenters. The Labute approximate surface area is 241 Å². The van der Waals surface area contributed by atoms with E-state index < -0.39 is 35.8 Å². The van der Waals surface area contributed by atoms with E-state index >= 15 is 0 Å². The number of rotatable bonds is 15. The van der Waals surface area contributed by atoms with E-state index in [0.29, 0.717) is 36.7 Å². The third-order valence-corrected chi connectivity index (χ3v) is 7.48. The van der Waals surface area contributed by atoms with Gasteiger partial charge in [-0.05, 0) is 86.4 Å². The first-order chi connectivity index (χ1) is 19.6. The van der Waals surface area contributed by atoms with Crippen molar-refractivity contribution in [1.29, 1.82) is 0 Å². The van der Waals surface area contributed by atoms with Crippen LogP contribution in [-0.2, 0) is 11.2 Å². The highest BCUT2D eigenvalue weighted by Gasteiger charge is 2.30. The number of benzene rings is 2. The van der Waals surface area contributed by atoms with Crippen LogP contribution in [0.1, 0.15) is 84.2 Å². The first kappa shape index (κ1) is 32.6. The van der Waals surface area contributed by atoms with E-state index in [1.54, 1.807) is 24.0 Å². The predicted octanol–water partition coefficient (Wildman–Crippen LogP) is 4.81. The van der Waals surface area contributed by atoms with Gasteiger partial charge in [0.1, 0.15) is 23.8 Å². The molecule has 1 aliphatic rings. The number of nitrogens with one attached hydrogen (secondary N) is 1. The van der Waals surface area contributed by atoms with Crippen LogP contribution in [0.5, 0.6) is 0 Å². The molecule has 0 aromatic heterocycles. The first-order valence-electron chi connectivity index (χ1n) is 14.7. The zero-order valence-corrected chi connectivity index (χ0v) is 24.4. The molecular formula is C32H44F2N2O5. The number of aliphatic hydroxyl groups is 2. The highest BCUT2D eigenvalue weighted by atomic mass is 19.1. The molecule has 0 spiro atoms. The van der Waals surface area contributed by atoms with Gasteiger partial charge in [0, 0.05) is 36.9 Å². The third kappa shape index (κ3) is 9.87. The first-order valence-corrected chi connectivity index (χ1v) is 14.7. The molecule has 2 amide bonds. The van der Waals surface area contributed by atoms with E-state index in [-0.39, 0.29) is 30.1 Å². The summed E-state index contributed by atoms with van der Waals surface area (Å²) in [5, 5.41) is 24.5. The molecule has 0 radical (unpaired) electrons. The zero-order chi connectivity index (χ0) is 29.9. The van der Waals surface area contributed by atoms with E-state index in [1.807, 2.05) is 13.8 Å². The Balaban J connectivity index is 1.80. The highest BCUT2D eigenvalue weighted by Crippen LogP contribution is 2.25. The smallest absolute Gasteiger partial charge is 0.253 e. The SMILES string of the molecule is CCCN(CCC)C(=O)c1cc(C)cc(C(=O)N[C@@H](Cc2cc(F)cc(F)c2)[C@@H](O)[C@@H](O)COCC2CCCC2)c1. The van der Waals surface area contributed by atoms with Gasteiger partial charge in [0.05, 0.1) is 12.6 Å². The molecule has 3 N–H and O–H groups in total. The lowest BCUT2D eigenvalue weighted by atomic mass is 9.96. The van der Waals surface area contributed by atoms with Crippen molar-refractivity contribution in [1.82, 2.24) is 10.2 Å². The van der Waals surface area contributed by atoms with Crippen molar-refractivity contribution in [3.63, 3.8) is 0 Å². The van der Waals surface area contributed by atoms with E-state index in [2.05, 4.69) is 5.32 Å². The fourth-order valence-corrected chi connectivity index (χ4v) is 5.47. The molecule has 0 aliphatic heterocycles. The van der Waals surface area contributed by atoms with E-state index in [9.17, 15) is 28.6 Å². The van der Waals surface area contributed by atoms with Crippen molar-refractivity contribution in [3.05, 3.63) is 70.3 Å². The fourth-order valence-electron chi connectivity index (χ4n) is 5.47. The van der Waals surface area contributed by atoms with E-state index in [0.717, 1.165) is 56.7 Å². The topological polar surface area (TPSA) is 99.1 Å². The number of nitrogens with zero attached hydrogens (tertiary/aromatic N) is 1. The van der Waals surface area contributed by atoms with Crippen molar-refractivity contribution >= 4 is 11.8 Å². The molecule has 1 fully saturated rings. The van der Waals surface area contributed by atoms with E-state index in [1.165, 1.54) is 6.07 Å². The Morgan fingerprint density at radius 3 is 2.20 bits per heavy atom. The van der Waals surface area contributed by atoms with Gasteiger partial charge in [-0.3, -0.25) is 9.59 Å². The Morgan fingerprint density at radius 2 is 1.59 bits per heavy atom. The second-order valence-electron chi connectivity index (χ2n) is 11.2. The summed E-state index contributed by atoms with van der Waals surface area (Å²) in [6, 6.07) is 6.76. The summed E-state index contributed by atoms with van der Waals surface area (Å²) in [5.41, 5.74) is 1.50. The average molecular weight is 575 g/mol. The molecule has 0 saturated heterocycles. The maximum atomic E-state index is 13.9. The van der Waals surface area contributed by atoms with Gasteiger partial charge in [-0.1, -0.05) is 26.7 Å². The normalized spacial score (nSPS) is 15.9. The lowest BCUT2D eigenvalue weighted by molar-refractivity contribution is -0.0557. The van der Waals surface area contributed by atoms with Crippen LogP contribution in [0.2, 0.25) is 0 Å². The molecule has 3 rings (SSSR count). The summed E-state index contributed by atoms with van der Waals surface area (Å²) in [4.78, 5) is 28.4. The molecule has 0 bridgehead atoms. The van der Waals surface area contributed by atoms with Gasteiger partial charge in [-0.2, -0.15) is 0 Å². The molecule has 0 unspecified atom stereocenters. The third-order valence-electron chi connectivity index (χ3n) is 7.48. The minimum absolute atomic E-state index is 0.139. The van der Waals surface area contributed by atoms with Gasteiger partial charge < -0.3 is 25.2 Å². The summed E-state index contributed by atoms with van der Waals surface area (Å²) >= 11 is 0. The van der Waals surface area contributed by atoms with Crippen molar-refractivity contribution in [2.24, 2.45) is 5.92 Å². The number of halogens is 2. The van der Waals surface area contributed by atoms with Crippen LogP contribution in [-0.4, -0.2) is 71.5 Å². The number of ether oxygens (including phenoxy) is 1. The van der Waals surface area contributed by atoms with E-state index in [4.69, 9.17) is 4.74 Å². The minimum atomic E-state index is -1.48. The Bertz CT molecular complexity index is 1130.